The highest BCUT2D eigenvalue weighted by Crippen LogP contribution is 2.13. The lowest BCUT2D eigenvalue weighted by molar-refractivity contribution is -0.134. The molecule has 1 aromatic carbocycles. The molecule has 0 spiro atoms. The number of hydrogen-bond donors (Lipinski definition) is 1. The summed E-state index contributed by atoms with van der Waals surface area (Å²) in [5.41, 5.74) is 1.36. The molecule has 2 rings (SSSR count). The van der Waals surface area contributed by atoms with Gasteiger partial charge in [-0.1, -0.05) is 12.1 Å². The molecule has 1 saturated heterocycles. The van der Waals surface area contributed by atoms with Crippen molar-refractivity contribution in [3.63, 3.8) is 0 Å². The van der Waals surface area contributed by atoms with Gasteiger partial charge in [0.1, 0.15) is 5.82 Å². The van der Waals surface area contributed by atoms with Crippen molar-refractivity contribution in [1.29, 1.82) is 0 Å². The monoisotopic (exact) mass is 320 g/mol. The Labute approximate surface area is 135 Å². The molecule has 5 nitrogen and oxygen atoms in total. The molecule has 0 aliphatic carbocycles. The molecule has 1 aromatic rings. The second-order valence-corrected chi connectivity index (χ2v) is 5.56. The summed E-state index contributed by atoms with van der Waals surface area (Å²) in [5.74, 6) is -0.505. The molecule has 1 atom stereocenters. The molecular formula is C17H21FN2O3. The number of hydrogen-bond acceptors (Lipinski definition) is 3. The topological polar surface area (TPSA) is 58.6 Å². The lowest BCUT2D eigenvalue weighted by Crippen LogP contribution is -2.49. The van der Waals surface area contributed by atoms with Crippen LogP contribution in [0.1, 0.15) is 19.4 Å². The van der Waals surface area contributed by atoms with Crippen LogP contribution < -0.4 is 5.32 Å². The summed E-state index contributed by atoms with van der Waals surface area (Å²) >= 11 is 0. The molecule has 1 heterocycles. The number of amides is 2. The number of carbonyl (C=O) groups excluding carboxylic acids is 2. The van der Waals surface area contributed by atoms with Crippen LogP contribution in [0.25, 0.3) is 6.08 Å². The van der Waals surface area contributed by atoms with Crippen molar-refractivity contribution in [3.05, 3.63) is 41.2 Å². The Morgan fingerprint density at radius 3 is 2.70 bits per heavy atom. The zero-order valence-electron chi connectivity index (χ0n) is 13.3. The number of nitrogens with zero attached hydrogens (tertiary/aromatic N) is 1. The van der Waals surface area contributed by atoms with Gasteiger partial charge in [-0.2, -0.15) is 0 Å². The Hall–Kier alpha value is -2.21. The van der Waals surface area contributed by atoms with Crippen LogP contribution in [0, 0.1) is 5.82 Å². The van der Waals surface area contributed by atoms with E-state index in [0.29, 0.717) is 31.8 Å². The Balaban J connectivity index is 1.98. The first-order valence-corrected chi connectivity index (χ1v) is 7.55. The van der Waals surface area contributed by atoms with E-state index in [1.165, 1.54) is 19.1 Å². The van der Waals surface area contributed by atoms with Crippen molar-refractivity contribution in [2.45, 2.75) is 20.0 Å². The first-order chi connectivity index (χ1) is 11.0. The summed E-state index contributed by atoms with van der Waals surface area (Å²) in [6.45, 7) is 4.97. The van der Waals surface area contributed by atoms with E-state index in [-0.39, 0.29) is 23.7 Å². The van der Waals surface area contributed by atoms with Crippen LogP contribution in [0.3, 0.4) is 0 Å². The van der Waals surface area contributed by atoms with Gasteiger partial charge in [0.2, 0.25) is 11.8 Å². The average molecular weight is 320 g/mol. The molecule has 124 valence electrons. The quantitative estimate of drug-likeness (QED) is 0.857. The molecule has 6 heteroatoms. The largest absolute Gasteiger partial charge is 0.373 e. The predicted octanol–water partition coefficient (Wildman–Crippen LogP) is 1.59. The number of ether oxygens (including phenoxy) is 1. The average Bonchev–Trinajstić information content (AvgIpc) is 2.54. The molecule has 1 aliphatic rings. The van der Waals surface area contributed by atoms with Gasteiger partial charge in [0.05, 0.1) is 12.7 Å². The van der Waals surface area contributed by atoms with Crippen LogP contribution in [0.5, 0.6) is 0 Å². The van der Waals surface area contributed by atoms with E-state index < -0.39 is 0 Å². The zero-order chi connectivity index (χ0) is 16.8. The summed E-state index contributed by atoms with van der Waals surface area (Å²) < 4.78 is 18.5. The maximum Gasteiger partial charge on any atom is 0.249 e. The van der Waals surface area contributed by atoms with Crippen LogP contribution >= 0.6 is 0 Å². The van der Waals surface area contributed by atoms with E-state index in [2.05, 4.69) is 5.32 Å². The number of nitrogens with one attached hydrogen (secondary N) is 1. The molecule has 1 fully saturated rings. The van der Waals surface area contributed by atoms with Gasteiger partial charge in [0.15, 0.2) is 0 Å². The molecule has 1 aliphatic heterocycles. The third kappa shape index (κ3) is 5.17. The fourth-order valence-electron chi connectivity index (χ4n) is 2.41. The molecule has 0 aromatic heterocycles. The Bertz CT molecular complexity index is 598. The summed E-state index contributed by atoms with van der Waals surface area (Å²) in [6, 6.07) is 5.99. The molecule has 0 bridgehead atoms. The first-order valence-electron chi connectivity index (χ1n) is 7.55. The number of rotatable bonds is 4. The lowest BCUT2D eigenvalue weighted by Gasteiger charge is -2.33. The fourth-order valence-corrected chi connectivity index (χ4v) is 2.41. The van der Waals surface area contributed by atoms with Gasteiger partial charge < -0.3 is 15.0 Å². The Morgan fingerprint density at radius 2 is 2.04 bits per heavy atom. The fraction of sp³-hybridized carbons (Fsp3) is 0.412. The van der Waals surface area contributed by atoms with E-state index in [1.54, 1.807) is 30.0 Å². The van der Waals surface area contributed by atoms with Crippen molar-refractivity contribution in [1.82, 2.24) is 10.2 Å². The van der Waals surface area contributed by atoms with E-state index in [4.69, 9.17) is 4.74 Å². The molecule has 0 radical (unpaired) electrons. The van der Waals surface area contributed by atoms with Gasteiger partial charge >= 0.3 is 0 Å². The maximum atomic E-state index is 12.9. The van der Waals surface area contributed by atoms with Crippen molar-refractivity contribution in [3.8, 4) is 0 Å². The Kier molecular flexibility index (Phi) is 5.87. The van der Waals surface area contributed by atoms with Gasteiger partial charge in [0.25, 0.3) is 0 Å². The standard InChI is InChI=1S/C17H21FN2O3/c1-12(9-14-3-5-15(18)6-4-14)17(22)20-7-8-23-16(11-20)10-19-13(2)21/h3-6,9,16H,7-8,10-11H2,1-2H3,(H,19,21)/b12-9+. The third-order valence-corrected chi connectivity index (χ3v) is 3.60. The van der Waals surface area contributed by atoms with Crippen molar-refractivity contribution < 1.29 is 18.7 Å². The smallest absolute Gasteiger partial charge is 0.249 e. The van der Waals surface area contributed by atoms with Gasteiger partial charge in [-0.3, -0.25) is 9.59 Å². The van der Waals surface area contributed by atoms with Crippen LogP contribution in [-0.4, -0.2) is 49.1 Å². The summed E-state index contributed by atoms with van der Waals surface area (Å²) in [6.07, 6.45) is 1.54. The number of halogens is 1. The molecular weight excluding hydrogens is 299 g/mol. The van der Waals surface area contributed by atoms with Gasteiger partial charge in [0, 0.05) is 32.1 Å². The zero-order valence-corrected chi connectivity index (χ0v) is 13.3. The van der Waals surface area contributed by atoms with E-state index in [9.17, 15) is 14.0 Å². The van der Waals surface area contributed by atoms with Gasteiger partial charge in [-0.05, 0) is 30.7 Å². The number of morpholine rings is 1. The van der Waals surface area contributed by atoms with Crippen molar-refractivity contribution >= 4 is 17.9 Å². The Morgan fingerprint density at radius 1 is 1.35 bits per heavy atom. The van der Waals surface area contributed by atoms with E-state index >= 15 is 0 Å². The minimum Gasteiger partial charge on any atom is -0.373 e. The van der Waals surface area contributed by atoms with Crippen LogP contribution in [0.4, 0.5) is 4.39 Å². The molecule has 0 saturated carbocycles. The first kappa shape index (κ1) is 17.1. The highest BCUT2D eigenvalue weighted by molar-refractivity contribution is 5.97. The predicted molar refractivity (Wildman–Crippen MR) is 85.1 cm³/mol. The molecule has 23 heavy (non-hydrogen) atoms. The summed E-state index contributed by atoms with van der Waals surface area (Å²) in [5, 5.41) is 2.70. The van der Waals surface area contributed by atoms with E-state index in [1.807, 2.05) is 0 Å². The summed E-state index contributed by atoms with van der Waals surface area (Å²) in [4.78, 5) is 25.2. The minimum atomic E-state index is -0.305. The van der Waals surface area contributed by atoms with Gasteiger partial charge in [-0.25, -0.2) is 4.39 Å². The second-order valence-electron chi connectivity index (χ2n) is 5.56. The van der Waals surface area contributed by atoms with Gasteiger partial charge in [-0.15, -0.1) is 0 Å². The SMILES string of the molecule is CC(=O)NCC1CN(C(=O)/C(C)=C/c2ccc(F)cc2)CCO1. The second kappa shape index (κ2) is 7.87. The van der Waals surface area contributed by atoms with Crippen LogP contribution in [0.2, 0.25) is 0 Å². The molecule has 1 unspecified atom stereocenters. The third-order valence-electron chi connectivity index (χ3n) is 3.60. The van der Waals surface area contributed by atoms with Crippen LogP contribution in [-0.2, 0) is 14.3 Å². The highest BCUT2D eigenvalue weighted by Gasteiger charge is 2.24. The molecule has 2 amide bonds. The highest BCUT2D eigenvalue weighted by atomic mass is 19.1. The van der Waals surface area contributed by atoms with Crippen molar-refractivity contribution in [2.75, 3.05) is 26.2 Å². The minimum absolute atomic E-state index is 0.0783. The lowest BCUT2D eigenvalue weighted by atomic mass is 10.1. The number of carbonyl (C=O) groups is 2. The summed E-state index contributed by atoms with van der Waals surface area (Å²) in [7, 11) is 0. The van der Waals surface area contributed by atoms with Crippen LogP contribution in [0.15, 0.2) is 29.8 Å². The number of benzene rings is 1. The molecule has 1 N–H and O–H groups in total. The normalized spacial score (nSPS) is 18.7. The van der Waals surface area contributed by atoms with Crippen molar-refractivity contribution in [2.24, 2.45) is 0 Å². The maximum absolute atomic E-state index is 12.9. The van der Waals surface area contributed by atoms with E-state index in [0.717, 1.165) is 5.56 Å².